The lowest BCUT2D eigenvalue weighted by Crippen LogP contribution is -2.39. The van der Waals surface area contributed by atoms with Crippen molar-refractivity contribution in [1.82, 2.24) is 4.72 Å². The molecule has 7 nitrogen and oxygen atoms in total. The molecular weight excluding hydrogens is 440 g/mol. The van der Waals surface area contributed by atoms with E-state index in [0.717, 1.165) is 23.2 Å². The third kappa shape index (κ3) is 5.13. The molecule has 1 aliphatic heterocycles. The highest BCUT2D eigenvalue weighted by atomic mass is 32.2. The standard InChI is InChI=1S/C25H24N2O5S/c1-18(24(28)27-15-14-20-10-5-6-13-23(20)27)32-25(29)21-11-7-12-22(16-21)33(30,31)26-17-19-8-3-2-4-9-19/h2-13,16,18,26H,14-15,17H2,1H3/t18-/m0/s1. The van der Waals surface area contributed by atoms with E-state index in [2.05, 4.69) is 4.72 Å². The number of hydrogen-bond donors (Lipinski definition) is 1. The highest BCUT2D eigenvalue weighted by molar-refractivity contribution is 7.89. The predicted molar refractivity (Wildman–Crippen MR) is 124 cm³/mol. The van der Waals surface area contributed by atoms with Crippen LogP contribution >= 0.6 is 0 Å². The van der Waals surface area contributed by atoms with Gasteiger partial charge in [0.15, 0.2) is 6.10 Å². The normalized spacial score (nSPS) is 13.9. The average Bonchev–Trinajstić information content (AvgIpc) is 3.27. The van der Waals surface area contributed by atoms with Crippen molar-refractivity contribution in [3.05, 3.63) is 95.6 Å². The van der Waals surface area contributed by atoms with Gasteiger partial charge in [0.2, 0.25) is 10.0 Å². The second-order valence-corrected chi connectivity index (χ2v) is 9.52. The summed E-state index contributed by atoms with van der Waals surface area (Å²) in [4.78, 5) is 27.1. The van der Waals surface area contributed by atoms with Crippen LogP contribution in [0.3, 0.4) is 0 Å². The van der Waals surface area contributed by atoms with Crippen molar-refractivity contribution in [2.75, 3.05) is 11.4 Å². The van der Waals surface area contributed by atoms with Gasteiger partial charge in [-0.2, -0.15) is 0 Å². The third-order valence-corrected chi connectivity index (χ3v) is 6.87. The lowest BCUT2D eigenvalue weighted by atomic mass is 10.2. The Morgan fingerprint density at radius 2 is 1.73 bits per heavy atom. The van der Waals surface area contributed by atoms with Gasteiger partial charge in [-0.05, 0) is 48.7 Å². The summed E-state index contributed by atoms with van der Waals surface area (Å²) in [6.45, 7) is 2.17. The molecule has 1 aliphatic rings. The summed E-state index contributed by atoms with van der Waals surface area (Å²) < 4.78 is 33.3. The number of esters is 1. The number of nitrogens with one attached hydrogen (secondary N) is 1. The smallest absolute Gasteiger partial charge is 0.338 e. The van der Waals surface area contributed by atoms with E-state index in [1.165, 1.54) is 31.2 Å². The van der Waals surface area contributed by atoms with Crippen molar-refractivity contribution in [1.29, 1.82) is 0 Å². The Balaban J connectivity index is 1.42. The second kappa shape index (κ2) is 9.56. The van der Waals surface area contributed by atoms with E-state index >= 15 is 0 Å². The lowest BCUT2D eigenvalue weighted by molar-refractivity contribution is -0.126. The number of para-hydroxylation sites is 1. The van der Waals surface area contributed by atoms with E-state index < -0.39 is 22.1 Å². The van der Waals surface area contributed by atoms with Gasteiger partial charge < -0.3 is 9.64 Å². The van der Waals surface area contributed by atoms with Gasteiger partial charge >= 0.3 is 5.97 Å². The van der Waals surface area contributed by atoms with Crippen molar-refractivity contribution in [2.45, 2.75) is 30.9 Å². The zero-order chi connectivity index (χ0) is 23.4. The van der Waals surface area contributed by atoms with E-state index in [4.69, 9.17) is 4.74 Å². The Kier molecular flexibility index (Phi) is 6.57. The van der Waals surface area contributed by atoms with E-state index in [1.807, 2.05) is 54.6 Å². The van der Waals surface area contributed by atoms with Crippen LogP contribution in [0, 0.1) is 0 Å². The van der Waals surface area contributed by atoms with Crippen LogP contribution in [0.4, 0.5) is 5.69 Å². The second-order valence-electron chi connectivity index (χ2n) is 7.75. The van der Waals surface area contributed by atoms with Gasteiger partial charge in [0.05, 0.1) is 10.5 Å². The maximum Gasteiger partial charge on any atom is 0.338 e. The van der Waals surface area contributed by atoms with Gasteiger partial charge in [-0.25, -0.2) is 17.9 Å². The van der Waals surface area contributed by atoms with Gasteiger partial charge in [-0.1, -0.05) is 54.6 Å². The van der Waals surface area contributed by atoms with Gasteiger partial charge in [0.25, 0.3) is 5.91 Å². The first-order valence-corrected chi connectivity index (χ1v) is 12.1. The number of fused-ring (bicyclic) bond motifs is 1. The minimum atomic E-state index is -3.84. The van der Waals surface area contributed by atoms with Gasteiger partial charge in [-0.15, -0.1) is 0 Å². The van der Waals surface area contributed by atoms with E-state index in [0.29, 0.717) is 6.54 Å². The molecule has 1 amide bonds. The quantitative estimate of drug-likeness (QED) is 0.542. The predicted octanol–water partition coefficient (Wildman–Crippen LogP) is 3.30. The fraction of sp³-hybridized carbons (Fsp3) is 0.200. The molecule has 0 aliphatic carbocycles. The SMILES string of the molecule is C[C@H](OC(=O)c1cccc(S(=O)(=O)NCc2ccccc2)c1)C(=O)N1CCc2ccccc21. The minimum Gasteiger partial charge on any atom is -0.449 e. The van der Waals surface area contributed by atoms with Crippen molar-refractivity contribution < 1.29 is 22.7 Å². The van der Waals surface area contributed by atoms with Crippen molar-refractivity contribution in [3.63, 3.8) is 0 Å². The summed E-state index contributed by atoms with van der Waals surface area (Å²) in [5.74, 6) is -1.08. The van der Waals surface area contributed by atoms with Crippen LogP contribution < -0.4 is 9.62 Å². The maximum atomic E-state index is 12.9. The van der Waals surface area contributed by atoms with Crippen LogP contribution in [0.5, 0.6) is 0 Å². The number of carbonyl (C=O) groups excluding carboxylic acids is 2. The molecular formula is C25H24N2O5S. The number of benzene rings is 3. The molecule has 1 N–H and O–H groups in total. The average molecular weight is 465 g/mol. The molecule has 4 rings (SSSR count). The van der Waals surface area contributed by atoms with E-state index in [1.54, 1.807) is 4.90 Å². The monoisotopic (exact) mass is 464 g/mol. The Labute approximate surface area is 193 Å². The fourth-order valence-corrected chi connectivity index (χ4v) is 4.78. The van der Waals surface area contributed by atoms with Crippen LogP contribution in [0.15, 0.2) is 83.8 Å². The van der Waals surface area contributed by atoms with Gasteiger partial charge in [0.1, 0.15) is 0 Å². The largest absolute Gasteiger partial charge is 0.449 e. The molecule has 0 saturated carbocycles. The highest BCUT2D eigenvalue weighted by Gasteiger charge is 2.30. The number of anilines is 1. The Morgan fingerprint density at radius 1 is 1.00 bits per heavy atom. The molecule has 0 aromatic heterocycles. The van der Waals surface area contributed by atoms with Crippen LogP contribution in [0.25, 0.3) is 0 Å². The maximum absolute atomic E-state index is 12.9. The van der Waals surface area contributed by atoms with Crippen molar-refractivity contribution >= 4 is 27.6 Å². The summed E-state index contributed by atoms with van der Waals surface area (Å²) in [5.41, 5.74) is 2.76. The number of nitrogens with zero attached hydrogens (tertiary/aromatic N) is 1. The summed E-state index contributed by atoms with van der Waals surface area (Å²) >= 11 is 0. The highest BCUT2D eigenvalue weighted by Crippen LogP contribution is 2.28. The Bertz CT molecular complexity index is 1270. The summed E-state index contributed by atoms with van der Waals surface area (Å²) in [6.07, 6.45) is -0.265. The summed E-state index contributed by atoms with van der Waals surface area (Å²) in [5, 5.41) is 0. The molecule has 170 valence electrons. The molecule has 0 bridgehead atoms. The molecule has 8 heteroatoms. The first-order chi connectivity index (χ1) is 15.8. The van der Waals surface area contributed by atoms with Crippen LogP contribution in [0.2, 0.25) is 0 Å². The molecule has 3 aromatic rings. The zero-order valence-electron chi connectivity index (χ0n) is 18.1. The van der Waals surface area contributed by atoms with Crippen LogP contribution in [-0.2, 0) is 32.5 Å². The number of ether oxygens (including phenoxy) is 1. The number of sulfonamides is 1. The van der Waals surface area contributed by atoms with Gasteiger partial charge in [-0.3, -0.25) is 4.79 Å². The lowest BCUT2D eigenvalue weighted by Gasteiger charge is -2.21. The number of hydrogen-bond acceptors (Lipinski definition) is 5. The molecule has 0 fully saturated rings. The molecule has 3 aromatic carbocycles. The Morgan fingerprint density at radius 3 is 2.52 bits per heavy atom. The molecule has 33 heavy (non-hydrogen) atoms. The number of amides is 1. The molecule has 0 radical (unpaired) electrons. The number of carbonyl (C=O) groups is 2. The topological polar surface area (TPSA) is 92.8 Å². The van der Waals surface area contributed by atoms with Crippen LogP contribution in [0.1, 0.15) is 28.4 Å². The number of rotatable bonds is 7. The molecule has 0 spiro atoms. The summed E-state index contributed by atoms with van der Waals surface area (Å²) in [6, 6.07) is 22.3. The fourth-order valence-electron chi connectivity index (χ4n) is 3.71. The summed E-state index contributed by atoms with van der Waals surface area (Å²) in [7, 11) is -3.84. The first kappa shape index (κ1) is 22.7. The van der Waals surface area contributed by atoms with Crippen molar-refractivity contribution in [3.8, 4) is 0 Å². The third-order valence-electron chi connectivity index (χ3n) is 5.47. The van der Waals surface area contributed by atoms with Gasteiger partial charge in [0, 0.05) is 18.8 Å². The van der Waals surface area contributed by atoms with Crippen LogP contribution in [-0.4, -0.2) is 32.9 Å². The molecule has 0 saturated heterocycles. The zero-order valence-corrected chi connectivity index (χ0v) is 18.9. The van der Waals surface area contributed by atoms with E-state index in [9.17, 15) is 18.0 Å². The molecule has 0 unspecified atom stereocenters. The molecule has 1 atom stereocenters. The minimum absolute atomic E-state index is 0.0547. The Hall–Kier alpha value is -3.49. The molecule has 1 heterocycles. The van der Waals surface area contributed by atoms with E-state index in [-0.39, 0.29) is 22.9 Å². The van der Waals surface area contributed by atoms with Crippen molar-refractivity contribution in [2.24, 2.45) is 0 Å². The first-order valence-electron chi connectivity index (χ1n) is 10.6.